The van der Waals surface area contributed by atoms with Crippen LogP contribution in [0.15, 0.2) is 46.9 Å². The van der Waals surface area contributed by atoms with Gasteiger partial charge in [0.25, 0.3) is 0 Å². The number of halogens is 2. The van der Waals surface area contributed by atoms with Crippen LogP contribution in [0, 0.1) is 5.82 Å². The fraction of sp³-hybridized carbons (Fsp3) is 0.250. The molecular weight excluding hydrogens is 321 g/mol. The molecule has 0 spiro atoms. The first-order valence-electron chi connectivity index (χ1n) is 6.56. The highest BCUT2D eigenvalue weighted by atomic mass is 79.9. The molecule has 2 nitrogen and oxygen atoms in total. The highest BCUT2D eigenvalue weighted by Gasteiger charge is 2.05. The minimum absolute atomic E-state index is 0.188. The number of hydrogen-bond acceptors (Lipinski definition) is 2. The third-order valence-corrected chi connectivity index (χ3v) is 3.69. The third kappa shape index (κ3) is 4.05. The van der Waals surface area contributed by atoms with Crippen LogP contribution in [-0.2, 0) is 6.42 Å². The van der Waals surface area contributed by atoms with Gasteiger partial charge in [-0.05, 0) is 64.7 Å². The molecule has 1 atom stereocenters. The summed E-state index contributed by atoms with van der Waals surface area (Å²) in [6, 6.07) is 12.3. The molecule has 1 unspecified atom stereocenters. The summed E-state index contributed by atoms with van der Waals surface area (Å²) in [7, 11) is 0. The molecule has 0 aliphatic carbocycles. The van der Waals surface area contributed by atoms with Gasteiger partial charge in [-0.25, -0.2) is 4.39 Å². The molecule has 0 saturated heterocycles. The Morgan fingerprint density at radius 2 is 1.90 bits per heavy atom. The van der Waals surface area contributed by atoms with Crippen LogP contribution in [-0.4, -0.2) is 6.04 Å². The van der Waals surface area contributed by atoms with Gasteiger partial charge in [0.15, 0.2) is 0 Å². The summed E-state index contributed by atoms with van der Waals surface area (Å²) in [5.41, 5.74) is 7.11. The molecule has 0 bridgehead atoms. The van der Waals surface area contributed by atoms with E-state index in [1.54, 1.807) is 6.07 Å². The fourth-order valence-corrected chi connectivity index (χ4v) is 2.26. The monoisotopic (exact) mass is 337 g/mol. The van der Waals surface area contributed by atoms with Crippen molar-refractivity contribution in [1.29, 1.82) is 0 Å². The highest BCUT2D eigenvalue weighted by Crippen LogP contribution is 2.30. The van der Waals surface area contributed by atoms with Crippen LogP contribution < -0.4 is 10.5 Å². The molecule has 0 aliphatic heterocycles. The summed E-state index contributed by atoms with van der Waals surface area (Å²) in [6.07, 6.45) is 1.82. The lowest BCUT2D eigenvalue weighted by Gasteiger charge is -2.10. The van der Waals surface area contributed by atoms with Crippen molar-refractivity contribution in [2.45, 2.75) is 25.8 Å². The molecule has 0 heterocycles. The van der Waals surface area contributed by atoms with Crippen molar-refractivity contribution in [1.82, 2.24) is 0 Å². The number of rotatable bonds is 5. The van der Waals surface area contributed by atoms with Crippen LogP contribution in [0.4, 0.5) is 4.39 Å². The third-order valence-electron chi connectivity index (χ3n) is 3.07. The lowest BCUT2D eigenvalue weighted by Crippen LogP contribution is -2.21. The average Bonchev–Trinajstić information content (AvgIpc) is 2.44. The Bertz CT molecular complexity index is 571. The lowest BCUT2D eigenvalue weighted by atomic mass is 10.0. The quantitative estimate of drug-likeness (QED) is 0.861. The Labute approximate surface area is 126 Å². The molecule has 2 aromatic rings. The molecule has 106 valence electrons. The molecule has 2 N–H and O–H groups in total. The zero-order chi connectivity index (χ0) is 14.5. The Kier molecular flexibility index (Phi) is 5.15. The van der Waals surface area contributed by atoms with E-state index in [4.69, 9.17) is 10.5 Å². The van der Waals surface area contributed by atoms with Crippen molar-refractivity contribution >= 4 is 15.9 Å². The number of nitrogens with two attached hydrogens (primary N) is 1. The predicted octanol–water partition coefficient (Wildman–Crippen LogP) is 4.66. The van der Waals surface area contributed by atoms with E-state index in [0.29, 0.717) is 16.0 Å². The average molecular weight is 338 g/mol. The number of hydrogen-bond donors (Lipinski definition) is 1. The second kappa shape index (κ2) is 6.86. The van der Waals surface area contributed by atoms with Gasteiger partial charge in [0.05, 0.1) is 4.47 Å². The summed E-state index contributed by atoms with van der Waals surface area (Å²) in [4.78, 5) is 0. The Morgan fingerprint density at radius 3 is 2.50 bits per heavy atom. The van der Waals surface area contributed by atoms with Crippen molar-refractivity contribution in [2.24, 2.45) is 5.73 Å². The zero-order valence-electron chi connectivity index (χ0n) is 11.3. The maximum atomic E-state index is 13.0. The molecule has 0 fully saturated rings. The maximum absolute atomic E-state index is 13.0. The van der Waals surface area contributed by atoms with E-state index < -0.39 is 0 Å². The molecule has 0 aliphatic rings. The molecule has 0 saturated carbocycles. The fourth-order valence-electron chi connectivity index (χ4n) is 1.83. The van der Waals surface area contributed by atoms with E-state index in [9.17, 15) is 4.39 Å². The van der Waals surface area contributed by atoms with Crippen LogP contribution in [0.2, 0.25) is 0 Å². The van der Waals surface area contributed by atoms with Crippen LogP contribution >= 0.6 is 15.9 Å². The summed E-state index contributed by atoms with van der Waals surface area (Å²) in [6.45, 7) is 2.08. The summed E-state index contributed by atoms with van der Waals surface area (Å²) in [5.74, 6) is 1.00. The van der Waals surface area contributed by atoms with Crippen LogP contribution in [0.25, 0.3) is 0 Å². The zero-order valence-corrected chi connectivity index (χ0v) is 12.9. The van der Waals surface area contributed by atoms with Crippen molar-refractivity contribution in [3.05, 3.63) is 58.3 Å². The minimum Gasteiger partial charge on any atom is -0.456 e. The highest BCUT2D eigenvalue weighted by molar-refractivity contribution is 9.10. The second-order valence-corrected chi connectivity index (χ2v) is 5.55. The summed E-state index contributed by atoms with van der Waals surface area (Å²) < 4.78 is 19.3. The Balaban J connectivity index is 2.07. The predicted molar refractivity (Wildman–Crippen MR) is 82.6 cm³/mol. The Hall–Kier alpha value is -1.39. The molecule has 2 aromatic carbocycles. The molecule has 0 radical (unpaired) electrons. The van der Waals surface area contributed by atoms with E-state index in [1.807, 2.05) is 24.3 Å². The largest absolute Gasteiger partial charge is 0.456 e. The van der Waals surface area contributed by atoms with Gasteiger partial charge in [0, 0.05) is 6.04 Å². The van der Waals surface area contributed by atoms with Gasteiger partial charge in [-0.15, -0.1) is 0 Å². The summed E-state index contributed by atoms with van der Waals surface area (Å²) in [5, 5.41) is 0. The van der Waals surface area contributed by atoms with Crippen molar-refractivity contribution in [3.63, 3.8) is 0 Å². The van der Waals surface area contributed by atoms with E-state index in [-0.39, 0.29) is 11.9 Å². The van der Waals surface area contributed by atoms with Gasteiger partial charge in [-0.3, -0.25) is 0 Å². The van der Waals surface area contributed by atoms with Gasteiger partial charge >= 0.3 is 0 Å². The summed E-state index contributed by atoms with van der Waals surface area (Å²) >= 11 is 3.28. The van der Waals surface area contributed by atoms with E-state index in [0.717, 1.165) is 12.8 Å². The second-order valence-electron chi connectivity index (χ2n) is 4.69. The molecule has 20 heavy (non-hydrogen) atoms. The van der Waals surface area contributed by atoms with Crippen molar-refractivity contribution < 1.29 is 9.13 Å². The maximum Gasteiger partial charge on any atom is 0.141 e. The lowest BCUT2D eigenvalue weighted by molar-refractivity contribution is 0.477. The van der Waals surface area contributed by atoms with Crippen LogP contribution in [0.3, 0.4) is 0 Å². The first-order chi connectivity index (χ1) is 9.58. The van der Waals surface area contributed by atoms with Gasteiger partial charge in [0.1, 0.15) is 17.3 Å². The van der Waals surface area contributed by atoms with E-state index >= 15 is 0 Å². The van der Waals surface area contributed by atoms with Gasteiger partial charge < -0.3 is 10.5 Å². The van der Waals surface area contributed by atoms with Crippen LogP contribution in [0.5, 0.6) is 11.5 Å². The van der Waals surface area contributed by atoms with Gasteiger partial charge in [-0.1, -0.05) is 19.1 Å². The van der Waals surface area contributed by atoms with E-state index in [1.165, 1.54) is 17.7 Å². The SMILES string of the molecule is CCC(N)Cc1ccc(Oc2ccc(F)cc2Br)cc1. The Morgan fingerprint density at radius 1 is 1.20 bits per heavy atom. The van der Waals surface area contributed by atoms with E-state index in [2.05, 4.69) is 22.9 Å². The first-order valence-corrected chi connectivity index (χ1v) is 7.35. The van der Waals surface area contributed by atoms with Gasteiger partial charge in [0.2, 0.25) is 0 Å². The van der Waals surface area contributed by atoms with Crippen LogP contribution in [0.1, 0.15) is 18.9 Å². The first kappa shape index (κ1) is 15.0. The number of benzene rings is 2. The topological polar surface area (TPSA) is 35.2 Å². The molecule has 2 rings (SSSR count). The standard InChI is InChI=1S/C16H17BrFNO/c1-2-13(19)9-11-3-6-14(7-4-11)20-16-8-5-12(18)10-15(16)17/h3-8,10,13H,2,9,19H2,1H3. The van der Waals surface area contributed by atoms with Crippen molar-refractivity contribution in [3.8, 4) is 11.5 Å². The molecule has 0 amide bonds. The molecule has 4 heteroatoms. The molecular formula is C16H17BrFNO. The van der Waals surface area contributed by atoms with Gasteiger partial charge in [-0.2, -0.15) is 0 Å². The number of ether oxygens (including phenoxy) is 1. The smallest absolute Gasteiger partial charge is 0.141 e. The molecule has 0 aromatic heterocycles. The van der Waals surface area contributed by atoms with Crippen molar-refractivity contribution in [2.75, 3.05) is 0 Å². The normalized spacial score (nSPS) is 12.2. The minimum atomic E-state index is -0.298.